The summed E-state index contributed by atoms with van der Waals surface area (Å²) in [5.74, 6) is -0.864. The van der Waals surface area contributed by atoms with Crippen LogP contribution in [0.15, 0.2) is 53.4 Å². The van der Waals surface area contributed by atoms with E-state index in [0.717, 1.165) is 17.3 Å². The van der Waals surface area contributed by atoms with Gasteiger partial charge in [-0.2, -0.15) is 0 Å². The molecular weight excluding hydrogens is 430 g/mol. The number of rotatable bonds is 7. The van der Waals surface area contributed by atoms with Gasteiger partial charge in [-0.15, -0.1) is 0 Å². The standard InChI is InChI=1S/C21H18ClNO4S2/c1-2-16(20(25)26)23-19(24)18(29-21(23)28)11-14-5-3-4-6-17(14)27-12-13-7-9-15(22)10-8-13/h3-11,16H,2,12H2,1H3,(H,25,26)/b18-11+. The molecule has 1 heterocycles. The maximum atomic E-state index is 12.8. The van der Waals surface area contributed by atoms with Crippen LogP contribution in [0.2, 0.25) is 5.02 Å². The predicted octanol–water partition coefficient (Wildman–Crippen LogP) is 4.98. The lowest BCUT2D eigenvalue weighted by atomic mass is 10.1. The quantitative estimate of drug-likeness (QED) is 0.476. The van der Waals surface area contributed by atoms with E-state index in [9.17, 15) is 14.7 Å². The molecule has 1 fully saturated rings. The largest absolute Gasteiger partial charge is 0.488 e. The highest BCUT2D eigenvalue weighted by Crippen LogP contribution is 2.36. The summed E-state index contributed by atoms with van der Waals surface area (Å²) >= 11 is 12.3. The van der Waals surface area contributed by atoms with Crippen molar-refractivity contribution in [2.75, 3.05) is 0 Å². The number of benzene rings is 2. The van der Waals surface area contributed by atoms with E-state index in [1.54, 1.807) is 25.1 Å². The number of halogens is 1. The third kappa shape index (κ3) is 4.98. The van der Waals surface area contributed by atoms with Crippen LogP contribution in [0.25, 0.3) is 6.08 Å². The van der Waals surface area contributed by atoms with Crippen LogP contribution in [0, 0.1) is 0 Å². The summed E-state index contributed by atoms with van der Waals surface area (Å²) in [7, 11) is 0. The molecule has 0 aromatic heterocycles. The second-order valence-corrected chi connectivity index (χ2v) is 8.38. The monoisotopic (exact) mass is 447 g/mol. The van der Waals surface area contributed by atoms with Crippen molar-refractivity contribution in [2.45, 2.75) is 26.0 Å². The molecule has 5 nitrogen and oxygen atoms in total. The Bertz CT molecular complexity index is 975. The molecule has 0 bridgehead atoms. The number of nitrogens with zero attached hydrogens (tertiary/aromatic N) is 1. The van der Waals surface area contributed by atoms with Gasteiger partial charge in [-0.05, 0) is 36.3 Å². The zero-order chi connectivity index (χ0) is 21.0. The number of carboxylic acids is 1. The van der Waals surface area contributed by atoms with Crippen LogP contribution in [-0.4, -0.2) is 32.2 Å². The second-order valence-electron chi connectivity index (χ2n) is 6.27. The molecule has 29 heavy (non-hydrogen) atoms. The summed E-state index contributed by atoms with van der Waals surface area (Å²) in [6.45, 7) is 2.06. The summed E-state index contributed by atoms with van der Waals surface area (Å²) in [4.78, 5) is 25.8. The molecule has 3 rings (SSSR count). The van der Waals surface area contributed by atoms with Crippen LogP contribution in [0.3, 0.4) is 0 Å². The number of hydrogen-bond donors (Lipinski definition) is 1. The van der Waals surface area contributed by atoms with E-state index in [1.165, 1.54) is 4.90 Å². The van der Waals surface area contributed by atoms with E-state index in [1.807, 2.05) is 36.4 Å². The van der Waals surface area contributed by atoms with Crippen LogP contribution in [0.5, 0.6) is 5.75 Å². The molecule has 1 N–H and O–H groups in total. The van der Waals surface area contributed by atoms with Crippen molar-refractivity contribution in [1.82, 2.24) is 4.90 Å². The van der Waals surface area contributed by atoms with Crippen LogP contribution < -0.4 is 4.74 Å². The SMILES string of the molecule is CCC(C(=O)O)N1C(=O)/C(=C\c2ccccc2OCc2ccc(Cl)cc2)SC1=S. The summed E-state index contributed by atoms with van der Waals surface area (Å²) < 4.78 is 6.17. The van der Waals surface area contributed by atoms with E-state index >= 15 is 0 Å². The van der Waals surface area contributed by atoms with Gasteiger partial charge in [0.25, 0.3) is 5.91 Å². The first kappa shape index (κ1) is 21.4. The highest BCUT2D eigenvalue weighted by molar-refractivity contribution is 8.26. The number of carbonyl (C=O) groups is 2. The zero-order valence-corrected chi connectivity index (χ0v) is 17.9. The van der Waals surface area contributed by atoms with Crippen molar-refractivity contribution in [3.8, 4) is 5.75 Å². The van der Waals surface area contributed by atoms with Gasteiger partial charge in [-0.25, -0.2) is 4.79 Å². The van der Waals surface area contributed by atoms with Gasteiger partial charge in [-0.1, -0.05) is 72.8 Å². The Morgan fingerprint density at radius 3 is 2.62 bits per heavy atom. The Labute approximate surface area is 183 Å². The first-order valence-corrected chi connectivity index (χ1v) is 10.5. The number of aliphatic carboxylic acids is 1. The van der Waals surface area contributed by atoms with Crippen molar-refractivity contribution in [2.24, 2.45) is 0 Å². The van der Waals surface area contributed by atoms with Crippen LogP contribution in [0.4, 0.5) is 0 Å². The number of carbonyl (C=O) groups excluding carboxylic acids is 1. The molecule has 1 aliphatic rings. The lowest BCUT2D eigenvalue weighted by Gasteiger charge is -2.21. The number of ether oxygens (including phenoxy) is 1. The lowest BCUT2D eigenvalue weighted by Crippen LogP contribution is -2.43. The van der Waals surface area contributed by atoms with Crippen molar-refractivity contribution in [1.29, 1.82) is 0 Å². The highest BCUT2D eigenvalue weighted by Gasteiger charge is 2.39. The smallest absolute Gasteiger partial charge is 0.326 e. The second kappa shape index (κ2) is 9.43. The van der Waals surface area contributed by atoms with Gasteiger partial charge in [0, 0.05) is 10.6 Å². The van der Waals surface area contributed by atoms with Gasteiger partial charge < -0.3 is 9.84 Å². The molecule has 8 heteroatoms. The Morgan fingerprint density at radius 2 is 1.97 bits per heavy atom. The molecule has 2 aromatic carbocycles. The van der Waals surface area contributed by atoms with Gasteiger partial charge in [0.15, 0.2) is 0 Å². The Kier molecular flexibility index (Phi) is 6.95. The Morgan fingerprint density at radius 1 is 1.28 bits per heavy atom. The van der Waals surface area contributed by atoms with Crippen LogP contribution >= 0.6 is 35.6 Å². The van der Waals surface area contributed by atoms with Crippen LogP contribution in [-0.2, 0) is 16.2 Å². The van der Waals surface area contributed by atoms with E-state index in [2.05, 4.69) is 0 Å². The molecule has 1 unspecified atom stereocenters. The first-order valence-electron chi connectivity index (χ1n) is 8.87. The molecule has 1 aliphatic heterocycles. The average molecular weight is 448 g/mol. The molecule has 1 saturated heterocycles. The van der Waals surface area contributed by atoms with E-state index in [0.29, 0.717) is 27.8 Å². The molecule has 0 spiro atoms. The summed E-state index contributed by atoms with van der Waals surface area (Å²) in [6.07, 6.45) is 1.96. The number of carboxylic acid groups (broad SMARTS) is 1. The summed E-state index contributed by atoms with van der Waals surface area (Å²) in [5, 5.41) is 10.0. The number of hydrogen-bond acceptors (Lipinski definition) is 5. The first-order chi connectivity index (χ1) is 13.9. The zero-order valence-electron chi connectivity index (χ0n) is 15.5. The molecular formula is C21H18ClNO4S2. The predicted molar refractivity (Wildman–Crippen MR) is 119 cm³/mol. The fraction of sp³-hybridized carbons (Fsp3) is 0.190. The molecule has 0 aliphatic carbocycles. The minimum absolute atomic E-state index is 0.245. The van der Waals surface area contributed by atoms with Crippen molar-refractivity contribution in [3.05, 3.63) is 69.6 Å². The maximum absolute atomic E-state index is 12.8. The Hall–Kier alpha value is -2.35. The molecule has 1 atom stereocenters. The van der Waals surface area contributed by atoms with Gasteiger partial charge in [-0.3, -0.25) is 9.69 Å². The number of amides is 1. The fourth-order valence-corrected chi connectivity index (χ4v) is 4.30. The minimum atomic E-state index is -1.07. The molecule has 0 saturated carbocycles. The topological polar surface area (TPSA) is 66.8 Å². The Balaban J connectivity index is 1.81. The average Bonchev–Trinajstić information content (AvgIpc) is 2.97. The molecule has 2 aromatic rings. The van der Waals surface area contributed by atoms with Crippen molar-refractivity contribution < 1.29 is 19.4 Å². The third-order valence-electron chi connectivity index (χ3n) is 4.32. The highest BCUT2D eigenvalue weighted by atomic mass is 35.5. The van der Waals surface area contributed by atoms with E-state index in [4.69, 9.17) is 28.6 Å². The van der Waals surface area contributed by atoms with Gasteiger partial charge in [0.2, 0.25) is 0 Å². The van der Waals surface area contributed by atoms with Crippen molar-refractivity contribution >= 4 is 57.9 Å². The number of para-hydroxylation sites is 1. The van der Waals surface area contributed by atoms with Crippen LogP contribution in [0.1, 0.15) is 24.5 Å². The summed E-state index contributed by atoms with van der Waals surface area (Å²) in [6, 6.07) is 13.7. The van der Waals surface area contributed by atoms with Crippen molar-refractivity contribution in [3.63, 3.8) is 0 Å². The number of thiocarbonyl (C=S) groups is 1. The normalized spacial score (nSPS) is 16.3. The van der Waals surface area contributed by atoms with E-state index in [-0.39, 0.29) is 10.7 Å². The van der Waals surface area contributed by atoms with E-state index < -0.39 is 17.9 Å². The fourth-order valence-electron chi connectivity index (χ4n) is 2.83. The third-order valence-corrected chi connectivity index (χ3v) is 5.90. The lowest BCUT2D eigenvalue weighted by molar-refractivity contribution is -0.145. The molecule has 1 amide bonds. The number of thioether (sulfide) groups is 1. The molecule has 150 valence electrons. The van der Waals surface area contributed by atoms with Gasteiger partial charge >= 0.3 is 5.97 Å². The van der Waals surface area contributed by atoms with Gasteiger partial charge in [0.1, 0.15) is 22.7 Å². The summed E-state index contributed by atoms with van der Waals surface area (Å²) in [5.41, 5.74) is 1.67. The molecule has 0 radical (unpaired) electrons. The van der Waals surface area contributed by atoms with Gasteiger partial charge in [0.05, 0.1) is 4.91 Å². The maximum Gasteiger partial charge on any atom is 0.326 e. The minimum Gasteiger partial charge on any atom is -0.488 e.